The fraction of sp³-hybridized carbons (Fsp3) is 0.487. The highest BCUT2D eigenvalue weighted by atomic mass is 16.7. The summed E-state index contributed by atoms with van der Waals surface area (Å²) in [6.07, 6.45) is 9.31. The number of carbonyl (C=O) groups is 2. The number of aliphatic hydroxyl groups excluding tert-OH is 1. The molecule has 0 unspecified atom stereocenters. The number of hydrogen-bond donors (Lipinski definition) is 4. The maximum absolute atomic E-state index is 12.5. The first kappa shape index (κ1) is 35.7. The Morgan fingerprint density at radius 1 is 0.771 bits per heavy atom. The van der Waals surface area contributed by atoms with E-state index in [0.29, 0.717) is 25.8 Å². The Bertz CT molecular complexity index is 1420. The molecule has 9 nitrogen and oxygen atoms in total. The molecule has 2 aliphatic rings. The van der Waals surface area contributed by atoms with E-state index in [1.807, 2.05) is 30.3 Å². The summed E-state index contributed by atoms with van der Waals surface area (Å²) < 4.78 is 13.3. The molecule has 48 heavy (non-hydrogen) atoms. The van der Waals surface area contributed by atoms with Crippen LogP contribution in [0.1, 0.15) is 105 Å². The summed E-state index contributed by atoms with van der Waals surface area (Å²) in [5.74, 6) is -0.427. The lowest BCUT2D eigenvalue weighted by Gasteiger charge is -2.39. The maximum atomic E-state index is 12.5. The molecule has 2 aliphatic heterocycles. The summed E-state index contributed by atoms with van der Waals surface area (Å²) >= 11 is 0. The highest BCUT2D eigenvalue weighted by Gasteiger charge is 2.33. The van der Waals surface area contributed by atoms with Crippen LogP contribution in [0.15, 0.2) is 72.8 Å². The Morgan fingerprint density at radius 3 is 2.15 bits per heavy atom. The summed E-state index contributed by atoms with van der Waals surface area (Å²) in [4.78, 5) is 26.2. The second-order valence-corrected chi connectivity index (χ2v) is 13.1. The fourth-order valence-electron chi connectivity index (χ4n) is 6.68. The van der Waals surface area contributed by atoms with Crippen LogP contribution in [0.4, 0.5) is 0 Å². The van der Waals surface area contributed by atoms with Crippen molar-refractivity contribution in [1.82, 2.24) is 15.7 Å². The Labute approximate surface area is 284 Å². The number of unbranched alkanes of at least 4 members (excludes halogenated alkanes) is 2. The Morgan fingerprint density at radius 2 is 1.44 bits per heavy atom. The van der Waals surface area contributed by atoms with Crippen molar-refractivity contribution in [2.45, 2.75) is 102 Å². The van der Waals surface area contributed by atoms with Gasteiger partial charge in [-0.25, -0.2) is 5.48 Å². The van der Waals surface area contributed by atoms with Crippen LogP contribution in [-0.4, -0.2) is 52.8 Å². The number of hydrogen-bond acceptors (Lipinski definition) is 7. The molecule has 0 spiro atoms. The monoisotopic (exact) mass is 657 g/mol. The molecule has 2 saturated heterocycles. The van der Waals surface area contributed by atoms with Crippen molar-refractivity contribution in [3.63, 3.8) is 0 Å². The predicted octanol–water partition coefficient (Wildman–Crippen LogP) is 6.73. The third-order valence-electron chi connectivity index (χ3n) is 9.45. The summed E-state index contributed by atoms with van der Waals surface area (Å²) in [5.41, 5.74) is 7.72. The van der Waals surface area contributed by atoms with Gasteiger partial charge in [0.15, 0.2) is 6.29 Å². The van der Waals surface area contributed by atoms with Gasteiger partial charge in [-0.15, -0.1) is 0 Å². The van der Waals surface area contributed by atoms with Gasteiger partial charge in [0, 0.05) is 37.9 Å². The first-order chi connectivity index (χ1) is 23.5. The van der Waals surface area contributed by atoms with E-state index in [1.165, 1.54) is 32.1 Å². The van der Waals surface area contributed by atoms with E-state index in [1.54, 1.807) is 5.48 Å². The maximum Gasteiger partial charge on any atom is 0.243 e. The molecule has 3 aromatic carbocycles. The van der Waals surface area contributed by atoms with Gasteiger partial charge in [-0.1, -0.05) is 98.5 Å². The van der Waals surface area contributed by atoms with Crippen molar-refractivity contribution in [2.24, 2.45) is 0 Å². The average Bonchev–Trinajstić information content (AvgIpc) is 3.11. The lowest BCUT2D eigenvalue weighted by atomic mass is 9.97. The van der Waals surface area contributed by atoms with Crippen molar-refractivity contribution in [3.8, 4) is 11.1 Å². The second kappa shape index (κ2) is 18.8. The minimum Gasteiger partial charge on any atom is -0.392 e. The number of aliphatic hydroxyl groups is 1. The van der Waals surface area contributed by atoms with Crippen LogP contribution in [0.2, 0.25) is 0 Å². The quantitative estimate of drug-likeness (QED) is 0.0862. The van der Waals surface area contributed by atoms with Crippen LogP contribution in [0.3, 0.4) is 0 Å². The highest BCUT2D eigenvalue weighted by Crippen LogP contribution is 2.39. The van der Waals surface area contributed by atoms with Crippen molar-refractivity contribution in [2.75, 3.05) is 19.6 Å². The number of hydroxylamine groups is 1. The standard InChI is InChI=1S/C39H51N3O6/c43-28-29-15-17-31(18-16-29)36-25-34(27-42-23-9-2-1-3-10-24-42)47-39(48-36)32-21-19-30(20-22-32)35-12-8-7-11-33(35)26-40-37(44)13-5-4-6-14-38(45)41-46/h7-8,11-12,15-22,34,36,39,43,46H,1-6,9-10,13-14,23-28H2,(H,40,44)(H,41,45)/t34-,36+,39+/m0/s1. The molecule has 0 saturated carbocycles. The van der Waals surface area contributed by atoms with Crippen molar-refractivity contribution in [3.05, 3.63) is 95.1 Å². The molecule has 9 heteroatoms. The van der Waals surface area contributed by atoms with E-state index in [-0.39, 0.29) is 31.1 Å². The Hall–Kier alpha value is -3.60. The average molecular weight is 658 g/mol. The number of likely N-dealkylation sites (tertiary alicyclic amines) is 1. The van der Waals surface area contributed by atoms with Gasteiger partial charge < -0.3 is 24.8 Å². The highest BCUT2D eigenvalue weighted by molar-refractivity contribution is 5.76. The molecule has 2 amide bonds. The van der Waals surface area contributed by atoms with Crippen LogP contribution < -0.4 is 10.8 Å². The lowest BCUT2D eigenvalue weighted by Crippen LogP contribution is -2.40. The molecule has 2 heterocycles. The third kappa shape index (κ3) is 10.7. The SMILES string of the molecule is O=C(CCCCCC(=O)NCc1ccccc1-c1ccc([C@@H]2O[C@H](CN3CCCCCCC3)C[C@H](c3ccc(CO)cc3)O2)cc1)NO. The molecule has 0 bridgehead atoms. The Kier molecular flexibility index (Phi) is 14.0. The summed E-state index contributed by atoms with van der Waals surface area (Å²) in [5, 5.41) is 21.2. The van der Waals surface area contributed by atoms with Gasteiger partial charge in [-0.2, -0.15) is 0 Å². The molecular weight excluding hydrogens is 606 g/mol. The van der Waals surface area contributed by atoms with Crippen LogP contribution in [-0.2, 0) is 32.2 Å². The molecule has 2 fully saturated rings. The summed E-state index contributed by atoms with van der Waals surface area (Å²) in [7, 11) is 0. The molecule has 3 aromatic rings. The first-order valence-electron chi connectivity index (χ1n) is 17.6. The number of rotatable bonds is 14. The van der Waals surface area contributed by atoms with E-state index >= 15 is 0 Å². The van der Waals surface area contributed by atoms with Gasteiger partial charge in [0.1, 0.15) is 0 Å². The van der Waals surface area contributed by atoms with Gasteiger partial charge in [-0.3, -0.25) is 14.8 Å². The predicted molar refractivity (Wildman–Crippen MR) is 185 cm³/mol. The fourth-order valence-corrected chi connectivity index (χ4v) is 6.68. The number of amides is 2. The van der Waals surface area contributed by atoms with E-state index in [9.17, 15) is 14.7 Å². The van der Waals surface area contributed by atoms with E-state index < -0.39 is 12.2 Å². The topological polar surface area (TPSA) is 120 Å². The molecule has 258 valence electrons. The van der Waals surface area contributed by atoms with Crippen LogP contribution in [0, 0.1) is 0 Å². The number of nitrogens with one attached hydrogen (secondary N) is 2. The molecular formula is C39H51N3O6. The third-order valence-corrected chi connectivity index (χ3v) is 9.45. The molecule has 3 atom stereocenters. The number of benzene rings is 3. The zero-order valence-electron chi connectivity index (χ0n) is 27.9. The molecule has 4 N–H and O–H groups in total. The normalized spacial score (nSPS) is 20.4. The van der Waals surface area contributed by atoms with Crippen LogP contribution in [0.5, 0.6) is 0 Å². The van der Waals surface area contributed by atoms with Gasteiger partial charge in [0.05, 0.1) is 18.8 Å². The van der Waals surface area contributed by atoms with Crippen LogP contribution in [0.25, 0.3) is 11.1 Å². The van der Waals surface area contributed by atoms with Gasteiger partial charge in [0.25, 0.3) is 0 Å². The lowest BCUT2D eigenvalue weighted by molar-refractivity contribution is -0.253. The number of ether oxygens (including phenoxy) is 2. The zero-order valence-corrected chi connectivity index (χ0v) is 27.9. The van der Waals surface area contributed by atoms with Crippen LogP contribution >= 0.6 is 0 Å². The van der Waals surface area contributed by atoms with Gasteiger partial charge >= 0.3 is 0 Å². The Balaban J connectivity index is 1.23. The first-order valence-corrected chi connectivity index (χ1v) is 17.6. The number of nitrogens with zero attached hydrogens (tertiary/aromatic N) is 1. The minimum atomic E-state index is -0.498. The smallest absolute Gasteiger partial charge is 0.243 e. The van der Waals surface area contributed by atoms with Crippen molar-refractivity contribution in [1.29, 1.82) is 0 Å². The second-order valence-electron chi connectivity index (χ2n) is 13.1. The van der Waals surface area contributed by atoms with E-state index in [0.717, 1.165) is 65.9 Å². The minimum absolute atomic E-state index is 0.0199. The van der Waals surface area contributed by atoms with Crippen molar-refractivity contribution >= 4 is 11.8 Å². The largest absolute Gasteiger partial charge is 0.392 e. The van der Waals surface area contributed by atoms with E-state index in [2.05, 4.69) is 52.7 Å². The molecule has 0 radical (unpaired) electrons. The molecule has 0 aromatic heterocycles. The van der Waals surface area contributed by atoms with Gasteiger partial charge in [-0.05, 0) is 66.6 Å². The number of carbonyl (C=O) groups excluding carboxylic acids is 2. The summed E-state index contributed by atoms with van der Waals surface area (Å²) in [6.45, 7) is 3.56. The summed E-state index contributed by atoms with van der Waals surface area (Å²) in [6, 6.07) is 24.5. The van der Waals surface area contributed by atoms with Gasteiger partial charge in [0.2, 0.25) is 11.8 Å². The van der Waals surface area contributed by atoms with E-state index in [4.69, 9.17) is 14.7 Å². The zero-order chi connectivity index (χ0) is 33.6. The van der Waals surface area contributed by atoms with Crippen molar-refractivity contribution < 1.29 is 29.4 Å². The molecule has 5 rings (SSSR count). The molecule has 0 aliphatic carbocycles.